The van der Waals surface area contributed by atoms with E-state index in [0.717, 1.165) is 28.7 Å². The standard InChI is InChI=1S/C25H30N2O5/c1-4-9-17(14-23(28)27(3)16(2)24(29)30)26-25(31)32-15-22-20-12-7-5-10-18(20)19-11-6-8-13-21(19)22/h5-8,10-13,16-17,22H,4,9,14-15H2,1-3H3,(H,26,31)(H,29,30)/t16?,17-/m0/s1. The average Bonchev–Trinajstić information content (AvgIpc) is 3.10. The van der Waals surface area contributed by atoms with Gasteiger partial charge in [-0.2, -0.15) is 0 Å². The third-order valence-corrected chi connectivity index (χ3v) is 6.06. The van der Waals surface area contributed by atoms with E-state index in [-0.39, 0.29) is 24.9 Å². The van der Waals surface area contributed by atoms with Crippen LogP contribution in [0.1, 0.15) is 50.2 Å². The minimum Gasteiger partial charge on any atom is -0.480 e. The van der Waals surface area contributed by atoms with Gasteiger partial charge in [0.15, 0.2) is 0 Å². The minimum atomic E-state index is -1.07. The lowest BCUT2D eigenvalue weighted by Gasteiger charge is -2.25. The van der Waals surface area contributed by atoms with E-state index >= 15 is 0 Å². The molecule has 0 saturated carbocycles. The van der Waals surface area contributed by atoms with Crippen molar-refractivity contribution in [3.05, 3.63) is 59.7 Å². The van der Waals surface area contributed by atoms with Gasteiger partial charge in [-0.05, 0) is 35.6 Å². The van der Waals surface area contributed by atoms with Crippen LogP contribution in [-0.2, 0) is 14.3 Å². The smallest absolute Gasteiger partial charge is 0.407 e. The van der Waals surface area contributed by atoms with Gasteiger partial charge < -0.3 is 20.1 Å². The zero-order valence-electron chi connectivity index (χ0n) is 18.7. The van der Waals surface area contributed by atoms with Crippen LogP contribution in [0.2, 0.25) is 0 Å². The first-order chi connectivity index (χ1) is 15.3. The summed E-state index contributed by atoms with van der Waals surface area (Å²) in [5.74, 6) is -1.45. The lowest BCUT2D eigenvalue weighted by molar-refractivity contribution is -0.148. The van der Waals surface area contributed by atoms with Crippen LogP contribution in [0.4, 0.5) is 4.79 Å². The highest BCUT2D eigenvalue weighted by Gasteiger charge is 2.30. The number of carbonyl (C=O) groups is 3. The highest BCUT2D eigenvalue weighted by molar-refractivity contribution is 5.84. The summed E-state index contributed by atoms with van der Waals surface area (Å²) >= 11 is 0. The fourth-order valence-electron chi connectivity index (χ4n) is 4.12. The van der Waals surface area contributed by atoms with Crippen LogP contribution in [0.3, 0.4) is 0 Å². The van der Waals surface area contributed by atoms with Crippen molar-refractivity contribution in [2.24, 2.45) is 0 Å². The number of nitrogens with one attached hydrogen (secondary N) is 1. The van der Waals surface area contributed by atoms with Crippen molar-refractivity contribution >= 4 is 18.0 Å². The molecule has 0 heterocycles. The fraction of sp³-hybridized carbons (Fsp3) is 0.400. The van der Waals surface area contributed by atoms with Gasteiger partial charge in [-0.1, -0.05) is 61.9 Å². The van der Waals surface area contributed by atoms with Crippen molar-refractivity contribution in [3.8, 4) is 11.1 Å². The Hall–Kier alpha value is -3.35. The molecule has 1 unspecified atom stereocenters. The lowest BCUT2D eigenvalue weighted by Crippen LogP contribution is -2.44. The van der Waals surface area contributed by atoms with Gasteiger partial charge in [-0.3, -0.25) is 4.79 Å². The van der Waals surface area contributed by atoms with E-state index in [9.17, 15) is 14.4 Å². The second-order valence-corrected chi connectivity index (χ2v) is 8.18. The molecule has 0 aliphatic heterocycles. The molecule has 0 bridgehead atoms. The second kappa shape index (κ2) is 10.3. The van der Waals surface area contributed by atoms with E-state index in [1.54, 1.807) is 0 Å². The number of benzene rings is 2. The van der Waals surface area contributed by atoms with Gasteiger partial charge in [0, 0.05) is 25.4 Å². The Morgan fingerprint density at radius 1 is 1.06 bits per heavy atom. The van der Waals surface area contributed by atoms with E-state index in [1.807, 2.05) is 31.2 Å². The number of rotatable bonds is 9. The Morgan fingerprint density at radius 2 is 1.62 bits per heavy atom. The topological polar surface area (TPSA) is 95.9 Å². The molecule has 0 fully saturated rings. The molecule has 3 rings (SSSR count). The van der Waals surface area contributed by atoms with Gasteiger partial charge in [-0.25, -0.2) is 9.59 Å². The van der Waals surface area contributed by atoms with E-state index in [4.69, 9.17) is 9.84 Å². The Kier molecular flexibility index (Phi) is 7.51. The Morgan fingerprint density at radius 3 is 2.16 bits per heavy atom. The van der Waals surface area contributed by atoms with Crippen LogP contribution < -0.4 is 5.32 Å². The number of carbonyl (C=O) groups excluding carboxylic acids is 2. The molecule has 7 nitrogen and oxygen atoms in total. The molecule has 32 heavy (non-hydrogen) atoms. The predicted molar refractivity (Wildman–Crippen MR) is 121 cm³/mol. The summed E-state index contributed by atoms with van der Waals surface area (Å²) in [5.41, 5.74) is 4.57. The molecule has 2 amide bonds. The fourth-order valence-corrected chi connectivity index (χ4v) is 4.12. The Labute approximate surface area is 188 Å². The second-order valence-electron chi connectivity index (χ2n) is 8.18. The van der Waals surface area contributed by atoms with Crippen molar-refractivity contribution in [3.63, 3.8) is 0 Å². The zero-order chi connectivity index (χ0) is 23.3. The largest absolute Gasteiger partial charge is 0.480 e. The van der Waals surface area contributed by atoms with Crippen LogP contribution in [0.5, 0.6) is 0 Å². The summed E-state index contributed by atoms with van der Waals surface area (Å²) in [7, 11) is 1.46. The maximum Gasteiger partial charge on any atom is 0.407 e. The summed E-state index contributed by atoms with van der Waals surface area (Å²) < 4.78 is 5.58. The Balaban J connectivity index is 1.62. The van der Waals surface area contributed by atoms with E-state index in [2.05, 4.69) is 29.6 Å². The average molecular weight is 439 g/mol. The number of ether oxygens (including phenoxy) is 1. The highest BCUT2D eigenvalue weighted by Crippen LogP contribution is 2.44. The van der Waals surface area contributed by atoms with Crippen LogP contribution in [0.25, 0.3) is 11.1 Å². The molecule has 2 N–H and O–H groups in total. The summed E-state index contributed by atoms with van der Waals surface area (Å²) in [6.45, 7) is 3.61. The number of amides is 2. The molecular formula is C25H30N2O5. The molecule has 2 aromatic rings. The summed E-state index contributed by atoms with van der Waals surface area (Å²) in [6.07, 6.45) is 0.795. The molecule has 7 heteroatoms. The minimum absolute atomic E-state index is 0.0200. The van der Waals surface area contributed by atoms with Gasteiger partial charge in [0.25, 0.3) is 0 Å². The maximum atomic E-state index is 12.6. The van der Waals surface area contributed by atoms with Gasteiger partial charge in [0.1, 0.15) is 12.6 Å². The van der Waals surface area contributed by atoms with Crippen molar-refractivity contribution in [1.29, 1.82) is 0 Å². The third-order valence-electron chi connectivity index (χ3n) is 6.06. The first-order valence-electron chi connectivity index (χ1n) is 10.9. The van der Waals surface area contributed by atoms with Gasteiger partial charge >= 0.3 is 12.1 Å². The number of alkyl carbamates (subject to hydrolysis) is 1. The maximum absolute atomic E-state index is 12.6. The molecule has 2 atom stereocenters. The van der Waals surface area contributed by atoms with E-state index in [1.165, 1.54) is 18.9 Å². The van der Waals surface area contributed by atoms with Gasteiger partial charge in [0.05, 0.1) is 0 Å². The van der Waals surface area contributed by atoms with Crippen LogP contribution in [0, 0.1) is 0 Å². The van der Waals surface area contributed by atoms with Crippen molar-refractivity contribution in [2.75, 3.05) is 13.7 Å². The molecule has 0 saturated heterocycles. The van der Waals surface area contributed by atoms with Crippen LogP contribution in [0.15, 0.2) is 48.5 Å². The number of carboxylic acid groups (broad SMARTS) is 1. The van der Waals surface area contributed by atoms with Gasteiger partial charge in [-0.15, -0.1) is 0 Å². The quantitative estimate of drug-likeness (QED) is 0.617. The summed E-state index contributed by atoms with van der Waals surface area (Å²) in [6, 6.07) is 14.9. The molecule has 0 spiro atoms. The van der Waals surface area contributed by atoms with E-state index in [0.29, 0.717) is 6.42 Å². The number of likely N-dealkylation sites (N-methyl/N-ethyl adjacent to an activating group) is 1. The number of fused-ring (bicyclic) bond motifs is 3. The monoisotopic (exact) mass is 438 g/mol. The number of carboxylic acids is 1. The van der Waals surface area contributed by atoms with Crippen molar-refractivity contribution in [2.45, 2.75) is 51.1 Å². The normalized spacial score (nSPS) is 14.1. The molecule has 0 radical (unpaired) electrons. The SMILES string of the molecule is CCC[C@@H](CC(=O)N(C)C(C)C(=O)O)NC(=O)OCC1c2ccccc2-c2ccccc21. The Bertz CT molecular complexity index is 944. The zero-order valence-corrected chi connectivity index (χ0v) is 18.7. The first-order valence-corrected chi connectivity index (χ1v) is 10.9. The molecular weight excluding hydrogens is 408 g/mol. The lowest BCUT2D eigenvalue weighted by atomic mass is 9.98. The van der Waals surface area contributed by atoms with Crippen LogP contribution >= 0.6 is 0 Å². The number of aliphatic carboxylic acids is 1. The molecule has 170 valence electrons. The van der Waals surface area contributed by atoms with Gasteiger partial charge in [0.2, 0.25) is 5.91 Å². The van der Waals surface area contributed by atoms with Crippen molar-refractivity contribution < 1.29 is 24.2 Å². The third kappa shape index (κ3) is 5.10. The predicted octanol–water partition coefficient (Wildman–Crippen LogP) is 4.02. The summed E-state index contributed by atoms with van der Waals surface area (Å²) in [5, 5.41) is 11.9. The first kappa shape index (κ1) is 23.3. The molecule has 2 aromatic carbocycles. The van der Waals surface area contributed by atoms with Crippen LogP contribution in [-0.4, -0.2) is 53.7 Å². The van der Waals surface area contributed by atoms with Crippen molar-refractivity contribution in [1.82, 2.24) is 10.2 Å². The summed E-state index contributed by atoms with van der Waals surface area (Å²) in [4.78, 5) is 37.3. The number of hydrogen-bond acceptors (Lipinski definition) is 4. The number of hydrogen-bond donors (Lipinski definition) is 2. The highest BCUT2D eigenvalue weighted by atomic mass is 16.5. The van der Waals surface area contributed by atoms with E-state index < -0.39 is 24.1 Å². The molecule has 1 aliphatic carbocycles. The number of nitrogens with zero attached hydrogens (tertiary/aromatic N) is 1. The molecule has 0 aromatic heterocycles. The molecule has 1 aliphatic rings.